The monoisotopic (exact) mass is 1220 g/mol. The largest absolute Gasteiger partial charge is 0.351 e. The summed E-state index contributed by atoms with van der Waals surface area (Å²) in [6, 6.07) is 15.2. The highest BCUT2D eigenvalue weighted by Gasteiger charge is 2.49. The minimum Gasteiger partial charge on any atom is -0.351 e. The van der Waals surface area contributed by atoms with Crippen LogP contribution in [0.15, 0.2) is 83.2 Å². The van der Waals surface area contributed by atoms with Crippen LogP contribution in [0.5, 0.6) is 0 Å². The van der Waals surface area contributed by atoms with Gasteiger partial charge in [-0.1, -0.05) is 47.1 Å². The molecule has 0 bridgehead atoms. The number of fused-ring (bicyclic) bond motifs is 6. The number of aromatic nitrogens is 2. The van der Waals surface area contributed by atoms with Gasteiger partial charge < -0.3 is 26.2 Å². The SMILES string of the molecule is CCCNC(=O)c1cc(-c2cc3c(c4ccsc24)[N+](CCCS(=O)(=O)O)=C(/C=C/C=C2/N(CCC)c4c(cc(-c5cc(C(=O)NCCC)nc(C(=O)NCCC)c5)c5sccc45)[C@@]2(C)CCCS(=O)(=O)O)[C@@]3(C)CCC)cc(C(=O)NCC)n1. The van der Waals surface area contributed by atoms with E-state index in [0.29, 0.717) is 76.0 Å². The molecule has 4 aromatic heterocycles. The minimum atomic E-state index is -4.35. The van der Waals surface area contributed by atoms with Crippen LogP contribution < -0.4 is 26.2 Å². The number of hydrogen-bond acceptors (Lipinski definition) is 13. The Morgan fingerprint density at radius 3 is 1.60 bits per heavy atom. The maximum atomic E-state index is 13.7. The fourth-order valence-electron chi connectivity index (χ4n) is 11.8. The van der Waals surface area contributed by atoms with Gasteiger partial charge in [0.15, 0.2) is 5.71 Å². The van der Waals surface area contributed by atoms with Crippen molar-refractivity contribution in [1.29, 1.82) is 0 Å². The summed E-state index contributed by atoms with van der Waals surface area (Å²) in [7, 11) is -8.69. The second kappa shape index (κ2) is 26.7. The molecule has 0 radical (unpaired) electrons. The van der Waals surface area contributed by atoms with Crippen LogP contribution in [0, 0.1) is 0 Å². The maximum absolute atomic E-state index is 13.7. The Balaban J connectivity index is 1.34. The van der Waals surface area contributed by atoms with E-state index in [1.807, 2.05) is 50.6 Å². The number of carbonyl (C=O) groups excluding carboxylic acids is 4. The molecule has 2 aliphatic heterocycles. The standard InChI is InChI=1S/C62H76N8O10S4/c1-9-22-61(7)45-37-43(39-33-47(57(71)63-14-6)67-48(34-39)58(72)64-24-10-2)56-42(21-30-82-56)54(45)70(28-17-32-84(78,79)80)51(61)18-15-19-52-62(8,23-16-31-83(75,76)77)46-38-44(55-41(20-29-81-55)53(46)69(52)27-13-5)40-35-49(59(73)65-25-11-3)68-50(36-40)60(74)66-26-12-4/h15,18-21,29-30,33-38H,9-14,16-17,22-28,31-32H2,1-8H3,(H5-,63,64,65,66,71,72,73,74,75,76,77,78,79,80)/p+1/t61-,62+/m0/s1. The molecule has 2 aromatic carbocycles. The third-order valence-corrected chi connectivity index (χ3v) is 19.1. The summed E-state index contributed by atoms with van der Waals surface area (Å²) in [4.78, 5) is 65.8. The van der Waals surface area contributed by atoms with Crippen molar-refractivity contribution >= 4 is 104 Å². The van der Waals surface area contributed by atoms with Gasteiger partial charge in [-0.2, -0.15) is 21.4 Å². The summed E-state index contributed by atoms with van der Waals surface area (Å²) in [6.07, 6.45) is 10.9. The molecule has 0 unspecified atom stereocenters. The molecule has 6 N–H and O–H groups in total. The van der Waals surface area contributed by atoms with Crippen molar-refractivity contribution < 1.29 is 49.7 Å². The second-order valence-electron chi connectivity index (χ2n) is 21.9. The number of nitrogens with zero attached hydrogens (tertiary/aromatic N) is 4. The summed E-state index contributed by atoms with van der Waals surface area (Å²) in [6.45, 7) is 18.5. The zero-order valence-corrected chi connectivity index (χ0v) is 52.4. The number of rotatable bonds is 27. The predicted octanol–water partition coefficient (Wildman–Crippen LogP) is 11.1. The van der Waals surface area contributed by atoms with Crippen LogP contribution in [0.1, 0.15) is 166 Å². The van der Waals surface area contributed by atoms with E-state index in [-0.39, 0.29) is 42.2 Å². The van der Waals surface area contributed by atoms with Crippen molar-refractivity contribution in [3.8, 4) is 22.3 Å². The Morgan fingerprint density at radius 1 is 0.619 bits per heavy atom. The first-order valence-corrected chi connectivity index (χ1v) is 34.0. The fraction of sp³-hybridized carbons (Fsp3) is 0.435. The third-order valence-electron chi connectivity index (χ3n) is 15.6. The molecule has 0 saturated carbocycles. The molecule has 0 saturated heterocycles. The fourth-order valence-corrected chi connectivity index (χ4v) is 14.7. The number of benzene rings is 2. The Labute approximate surface area is 500 Å². The van der Waals surface area contributed by atoms with Crippen LogP contribution in [-0.4, -0.2) is 121 Å². The number of thiophene rings is 2. The molecule has 8 rings (SSSR count). The Kier molecular flexibility index (Phi) is 20.1. The Bertz CT molecular complexity index is 3810. The maximum Gasteiger partial charge on any atom is 0.269 e. The van der Waals surface area contributed by atoms with E-state index >= 15 is 0 Å². The average Bonchev–Trinajstić information content (AvgIpc) is 1.85. The van der Waals surface area contributed by atoms with Crippen molar-refractivity contribution in [1.82, 2.24) is 31.2 Å². The Hall–Kier alpha value is -6.69. The molecule has 6 aromatic rings. The van der Waals surface area contributed by atoms with Gasteiger partial charge in [0.25, 0.3) is 43.9 Å². The number of hydrogen-bond donors (Lipinski definition) is 6. The highest BCUT2D eigenvalue weighted by Crippen LogP contribution is 2.56. The van der Waals surface area contributed by atoms with Gasteiger partial charge in [0, 0.05) is 87.8 Å². The van der Waals surface area contributed by atoms with Gasteiger partial charge in [-0.05, 0) is 148 Å². The summed E-state index contributed by atoms with van der Waals surface area (Å²) >= 11 is 3.04. The Morgan fingerprint density at radius 2 is 1.11 bits per heavy atom. The van der Waals surface area contributed by atoms with Crippen LogP contribution in [0.2, 0.25) is 0 Å². The van der Waals surface area contributed by atoms with Gasteiger partial charge in [-0.15, -0.1) is 22.7 Å². The lowest BCUT2D eigenvalue weighted by Crippen LogP contribution is -2.32. The second-order valence-corrected chi connectivity index (χ2v) is 26.9. The molecule has 84 heavy (non-hydrogen) atoms. The number of allylic oxidation sites excluding steroid dienone is 4. The molecule has 4 amide bonds. The quantitative estimate of drug-likeness (QED) is 0.0207. The van der Waals surface area contributed by atoms with Crippen LogP contribution in [-0.2, 0) is 31.1 Å². The van der Waals surface area contributed by atoms with Gasteiger partial charge in [0.2, 0.25) is 5.69 Å². The van der Waals surface area contributed by atoms with E-state index in [1.165, 1.54) is 22.7 Å². The first-order valence-electron chi connectivity index (χ1n) is 29.0. The molecule has 18 nitrogen and oxygen atoms in total. The first kappa shape index (κ1) is 63.3. The molecule has 0 aliphatic carbocycles. The molecule has 6 heterocycles. The van der Waals surface area contributed by atoms with Crippen LogP contribution in [0.4, 0.5) is 11.4 Å². The number of pyridine rings is 2. The molecule has 2 aliphatic rings. The van der Waals surface area contributed by atoms with Crippen molar-refractivity contribution in [2.75, 3.05) is 55.7 Å². The van der Waals surface area contributed by atoms with Crippen LogP contribution in [0.25, 0.3) is 42.4 Å². The van der Waals surface area contributed by atoms with E-state index in [4.69, 9.17) is 0 Å². The van der Waals surface area contributed by atoms with Gasteiger partial charge in [0.05, 0.1) is 28.0 Å². The number of carbonyl (C=O) groups is 4. The van der Waals surface area contributed by atoms with Crippen molar-refractivity contribution in [2.24, 2.45) is 0 Å². The summed E-state index contributed by atoms with van der Waals surface area (Å²) in [5.74, 6) is -2.58. The van der Waals surface area contributed by atoms with Crippen LogP contribution in [0.3, 0.4) is 0 Å². The van der Waals surface area contributed by atoms with E-state index in [1.54, 1.807) is 24.3 Å². The first-order chi connectivity index (χ1) is 40.1. The molecule has 0 fully saturated rings. The lowest BCUT2D eigenvalue weighted by molar-refractivity contribution is -0.435. The highest BCUT2D eigenvalue weighted by molar-refractivity contribution is 7.86. The van der Waals surface area contributed by atoms with Gasteiger partial charge in [0.1, 0.15) is 29.3 Å². The predicted molar refractivity (Wildman–Crippen MR) is 337 cm³/mol. The zero-order chi connectivity index (χ0) is 60.7. The lowest BCUT2D eigenvalue weighted by atomic mass is 9.74. The minimum absolute atomic E-state index is 0.0932. The molecule has 22 heteroatoms. The molecule has 2 atom stereocenters. The van der Waals surface area contributed by atoms with E-state index in [0.717, 1.165) is 78.1 Å². The molecular formula is C62H77N8O10S4+. The number of anilines is 1. The van der Waals surface area contributed by atoms with Crippen LogP contribution >= 0.6 is 22.7 Å². The molecular weight excluding hydrogens is 1140 g/mol. The van der Waals surface area contributed by atoms with E-state index in [2.05, 4.69) is 98.8 Å². The summed E-state index contributed by atoms with van der Waals surface area (Å²) in [5.41, 5.74) is 7.00. The average molecular weight is 1220 g/mol. The summed E-state index contributed by atoms with van der Waals surface area (Å²) in [5, 5.41) is 17.4. The normalized spacial score (nSPS) is 17.4. The third kappa shape index (κ3) is 13.4. The zero-order valence-electron chi connectivity index (χ0n) is 49.1. The topological polar surface area (TPSA) is 257 Å². The van der Waals surface area contributed by atoms with E-state index < -0.39 is 66.2 Å². The van der Waals surface area contributed by atoms with Gasteiger partial charge >= 0.3 is 0 Å². The van der Waals surface area contributed by atoms with Crippen molar-refractivity contribution in [2.45, 2.75) is 124 Å². The van der Waals surface area contributed by atoms with E-state index in [9.17, 15) is 45.1 Å². The molecule has 0 spiro atoms. The summed E-state index contributed by atoms with van der Waals surface area (Å²) < 4.78 is 73.7. The van der Waals surface area contributed by atoms with Gasteiger partial charge in [-0.3, -0.25) is 28.3 Å². The molecule has 448 valence electrons. The van der Waals surface area contributed by atoms with Crippen molar-refractivity contribution in [3.63, 3.8) is 0 Å². The highest BCUT2D eigenvalue weighted by atomic mass is 32.2. The number of nitrogens with one attached hydrogen (secondary N) is 4. The smallest absolute Gasteiger partial charge is 0.269 e. The number of amides is 4. The van der Waals surface area contributed by atoms with Gasteiger partial charge in [-0.25, -0.2) is 9.97 Å². The lowest BCUT2D eigenvalue weighted by Gasteiger charge is -2.30. The van der Waals surface area contributed by atoms with Crippen molar-refractivity contribution in [3.05, 3.63) is 117 Å².